The van der Waals surface area contributed by atoms with Gasteiger partial charge in [-0.3, -0.25) is 9.59 Å². The van der Waals surface area contributed by atoms with Crippen LogP contribution < -0.4 is 4.74 Å². The number of benzene rings is 3. The average molecular weight is 516 g/mol. The first kappa shape index (κ1) is 26.5. The van der Waals surface area contributed by atoms with Crippen LogP contribution in [0.4, 0.5) is 0 Å². The number of carbonyl (C=O) groups is 3. The molecule has 0 aromatic heterocycles. The molecule has 2 N–H and O–H groups in total. The first-order valence-electron chi connectivity index (χ1n) is 12.3. The van der Waals surface area contributed by atoms with Gasteiger partial charge in [0.05, 0.1) is 30.4 Å². The van der Waals surface area contributed by atoms with E-state index >= 15 is 0 Å². The number of ether oxygens (including phenoxy) is 2. The van der Waals surface area contributed by atoms with Crippen molar-refractivity contribution in [1.29, 1.82) is 0 Å². The molecule has 1 saturated heterocycles. The van der Waals surface area contributed by atoms with Crippen molar-refractivity contribution in [2.24, 2.45) is 0 Å². The molecule has 0 bridgehead atoms. The molecule has 1 aliphatic heterocycles. The number of phenolic OH excluding ortho intramolecular Hbond substituents is 1. The summed E-state index contributed by atoms with van der Waals surface area (Å²) in [5.41, 5.74) is 2.71. The van der Waals surface area contributed by atoms with E-state index in [2.05, 4.69) is 0 Å². The van der Waals surface area contributed by atoms with E-state index in [1.54, 1.807) is 61.5 Å². The molecular weight excluding hydrogens is 486 g/mol. The molecule has 1 aliphatic rings. The zero-order valence-electron chi connectivity index (χ0n) is 21.4. The van der Waals surface area contributed by atoms with Crippen molar-refractivity contribution in [3.05, 3.63) is 100 Å². The predicted octanol–water partition coefficient (Wildman–Crippen LogP) is 4.90. The number of aliphatic hydroxyl groups is 1. The van der Waals surface area contributed by atoms with E-state index in [-0.39, 0.29) is 30.2 Å². The number of Topliss-reactive ketones (excluding diaryl/α,β-unsaturated/α-hetero) is 1. The van der Waals surface area contributed by atoms with Gasteiger partial charge in [-0.2, -0.15) is 0 Å². The Morgan fingerprint density at radius 1 is 0.921 bits per heavy atom. The zero-order chi connectivity index (χ0) is 27.4. The van der Waals surface area contributed by atoms with E-state index in [1.165, 1.54) is 17.0 Å². The third kappa shape index (κ3) is 5.25. The number of amides is 1. The lowest BCUT2D eigenvalue weighted by Gasteiger charge is -2.25. The summed E-state index contributed by atoms with van der Waals surface area (Å²) in [6.07, 6.45) is 0. The molecule has 8 heteroatoms. The minimum atomic E-state index is -0.896. The molecule has 38 heavy (non-hydrogen) atoms. The Balaban J connectivity index is 1.76. The number of nitrogens with zero attached hydrogens (tertiary/aromatic N) is 1. The molecule has 0 spiro atoms. The van der Waals surface area contributed by atoms with Gasteiger partial charge >= 0.3 is 5.97 Å². The van der Waals surface area contributed by atoms with Crippen LogP contribution in [-0.2, 0) is 20.9 Å². The number of ketones is 1. The van der Waals surface area contributed by atoms with E-state index in [0.717, 1.165) is 5.56 Å². The van der Waals surface area contributed by atoms with Crippen LogP contribution in [0.2, 0.25) is 0 Å². The molecule has 1 fully saturated rings. The summed E-state index contributed by atoms with van der Waals surface area (Å²) in [5, 5.41) is 21.1. The molecule has 4 rings (SSSR count). The number of phenols is 1. The smallest absolute Gasteiger partial charge is 0.338 e. The zero-order valence-corrected chi connectivity index (χ0v) is 21.4. The number of hydrogen-bond acceptors (Lipinski definition) is 7. The summed E-state index contributed by atoms with van der Waals surface area (Å²) in [6.45, 7) is 6.22. The van der Waals surface area contributed by atoms with Crippen LogP contribution in [0.3, 0.4) is 0 Å². The number of rotatable bonds is 8. The van der Waals surface area contributed by atoms with Crippen LogP contribution in [0, 0.1) is 6.92 Å². The van der Waals surface area contributed by atoms with E-state index < -0.39 is 23.7 Å². The fourth-order valence-corrected chi connectivity index (χ4v) is 4.47. The summed E-state index contributed by atoms with van der Waals surface area (Å²) in [4.78, 5) is 39.9. The molecule has 0 aliphatic carbocycles. The monoisotopic (exact) mass is 515 g/mol. The first-order chi connectivity index (χ1) is 18.2. The number of aromatic hydroxyl groups is 1. The number of aryl methyl sites for hydroxylation is 1. The van der Waals surface area contributed by atoms with Crippen molar-refractivity contribution in [3.8, 4) is 11.5 Å². The highest BCUT2D eigenvalue weighted by Crippen LogP contribution is 2.41. The van der Waals surface area contributed by atoms with Crippen molar-refractivity contribution in [1.82, 2.24) is 4.90 Å². The van der Waals surface area contributed by atoms with Gasteiger partial charge < -0.3 is 24.6 Å². The van der Waals surface area contributed by atoms with Gasteiger partial charge in [0.25, 0.3) is 11.7 Å². The Labute approximate surface area is 220 Å². The third-order valence-corrected chi connectivity index (χ3v) is 6.31. The molecule has 8 nitrogen and oxygen atoms in total. The number of esters is 1. The normalized spacial score (nSPS) is 16.5. The van der Waals surface area contributed by atoms with E-state index in [1.807, 2.05) is 13.8 Å². The second-order valence-corrected chi connectivity index (χ2v) is 8.85. The summed E-state index contributed by atoms with van der Waals surface area (Å²) in [6, 6.07) is 16.9. The molecule has 1 heterocycles. The number of likely N-dealkylation sites (tertiary alicyclic amines) is 1. The minimum Gasteiger partial charge on any atom is -0.508 e. The van der Waals surface area contributed by atoms with Crippen molar-refractivity contribution in [3.63, 3.8) is 0 Å². The summed E-state index contributed by atoms with van der Waals surface area (Å²) >= 11 is 0. The number of hydrogen-bond donors (Lipinski definition) is 2. The lowest BCUT2D eigenvalue weighted by Crippen LogP contribution is -2.29. The Hall–Kier alpha value is -4.59. The molecule has 1 unspecified atom stereocenters. The summed E-state index contributed by atoms with van der Waals surface area (Å²) in [7, 11) is 0. The van der Waals surface area contributed by atoms with Crippen molar-refractivity contribution in [2.75, 3.05) is 13.2 Å². The van der Waals surface area contributed by atoms with Crippen LogP contribution in [0.5, 0.6) is 11.5 Å². The Morgan fingerprint density at radius 3 is 2.18 bits per heavy atom. The molecule has 1 amide bonds. The van der Waals surface area contributed by atoms with Crippen LogP contribution >= 0.6 is 0 Å². The van der Waals surface area contributed by atoms with Gasteiger partial charge in [0, 0.05) is 12.1 Å². The lowest BCUT2D eigenvalue weighted by atomic mass is 9.94. The highest BCUT2D eigenvalue weighted by Gasteiger charge is 2.46. The van der Waals surface area contributed by atoms with Crippen LogP contribution in [0.1, 0.15) is 52.5 Å². The Morgan fingerprint density at radius 2 is 1.58 bits per heavy atom. The van der Waals surface area contributed by atoms with Crippen LogP contribution in [-0.4, -0.2) is 46.0 Å². The van der Waals surface area contributed by atoms with E-state index in [0.29, 0.717) is 34.6 Å². The molecule has 196 valence electrons. The van der Waals surface area contributed by atoms with Crippen LogP contribution in [0.15, 0.2) is 72.3 Å². The topological polar surface area (TPSA) is 113 Å². The van der Waals surface area contributed by atoms with Crippen molar-refractivity contribution >= 4 is 23.4 Å². The maximum Gasteiger partial charge on any atom is 0.338 e. The third-order valence-electron chi connectivity index (χ3n) is 6.31. The molecule has 0 saturated carbocycles. The van der Waals surface area contributed by atoms with E-state index in [9.17, 15) is 24.6 Å². The maximum atomic E-state index is 13.3. The fourth-order valence-electron chi connectivity index (χ4n) is 4.47. The SMILES string of the molecule is CCOC(=O)c1ccc(CN2C(=O)C(=O)/C(=C(\O)c3ccc(OCC)c(C)c3)C2c2ccc(O)cc2)cc1. The molecule has 1 atom stereocenters. The fraction of sp³-hybridized carbons (Fsp3) is 0.233. The van der Waals surface area contributed by atoms with Gasteiger partial charge in [0.15, 0.2) is 0 Å². The lowest BCUT2D eigenvalue weighted by molar-refractivity contribution is -0.140. The van der Waals surface area contributed by atoms with Gasteiger partial charge in [0.2, 0.25) is 0 Å². The molecular formula is C30H29NO7. The standard InChI is InChI=1S/C30H29NO7/c1-4-37-24-15-12-22(16-18(24)3)27(33)25-26(20-10-13-23(32)14-11-20)31(29(35)28(25)34)17-19-6-8-21(9-7-19)30(36)38-5-2/h6-16,26,32-33H,4-5,17H2,1-3H3/b27-25-. The highest BCUT2D eigenvalue weighted by molar-refractivity contribution is 6.46. The number of carbonyl (C=O) groups excluding carboxylic acids is 3. The second kappa shape index (κ2) is 11.2. The second-order valence-electron chi connectivity index (χ2n) is 8.85. The average Bonchev–Trinajstić information content (AvgIpc) is 3.15. The van der Waals surface area contributed by atoms with Crippen molar-refractivity contribution < 1.29 is 34.1 Å². The Kier molecular flexibility index (Phi) is 7.81. The predicted molar refractivity (Wildman–Crippen MR) is 141 cm³/mol. The maximum absolute atomic E-state index is 13.3. The number of aliphatic hydroxyl groups excluding tert-OH is 1. The van der Waals surface area contributed by atoms with Gasteiger partial charge in [-0.15, -0.1) is 0 Å². The van der Waals surface area contributed by atoms with Crippen molar-refractivity contribution in [2.45, 2.75) is 33.4 Å². The van der Waals surface area contributed by atoms with Crippen LogP contribution in [0.25, 0.3) is 5.76 Å². The first-order valence-corrected chi connectivity index (χ1v) is 12.3. The Bertz CT molecular complexity index is 1390. The van der Waals surface area contributed by atoms with E-state index in [4.69, 9.17) is 9.47 Å². The van der Waals surface area contributed by atoms with Gasteiger partial charge in [-0.25, -0.2) is 4.79 Å². The van der Waals surface area contributed by atoms with Gasteiger partial charge in [0.1, 0.15) is 17.3 Å². The minimum absolute atomic E-state index is 0.0300. The molecule has 0 radical (unpaired) electrons. The summed E-state index contributed by atoms with van der Waals surface area (Å²) < 4.78 is 10.6. The molecule has 3 aromatic carbocycles. The van der Waals surface area contributed by atoms with Gasteiger partial charge in [-0.05, 0) is 79.9 Å². The molecule has 3 aromatic rings. The summed E-state index contributed by atoms with van der Waals surface area (Å²) in [5.74, 6) is -1.63. The highest BCUT2D eigenvalue weighted by atomic mass is 16.5. The van der Waals surface area contributed by atoms with Gasteiger partial charge in [-0.1, -0.05) is 24.3 Å². The largest absolute Gasteiger partial charge is 0.508 e. The quantitative estimate of drug-likeness (QED) is 0.190.